The van der Waals surface area contributed by atoms with Gasteiger partial charge in [-0.15, -0.1) is 0 Å². The van der Waals surface area contributed by atoms with Gasteiger partial charge in [0.15, 0.2) is 5.66 Å². The molecule has 49 heavy (non-hydrogen) atoms. The van der Waals surface area contributed by atoms with Crippen LogP contribution in [0.15, 0.2) is 65.8 Å². The normalized spacial score (nSPS) is 20.2. The number of rotatable bonds is 10. The summed E-state index contributed by atoms with van der Waals surface area (Å²) in [5.74, 6) is -5.99. The number of carbonyl (C=O) groups excluding carboxylic acids is 2. The third-order valence-corrected chi connectivity index (χ3v) is 11.1. The molecule has 0 spiro atoms. The first-order valence-electron chi connectivity index (χ1n) is 15.1. The number of carboxylic acids is 1. The minimum atomic E-state index is -4.47. The highest BCUT2D eigenvalue weighted by molar-refractivity contribution is 7.89. The fourth-order valence-corrected chi connectivity index (χ4v) is 8.47. The smallest absolute Gasteiger partial charge is 0.326 e. The number of halogens is 4. The molecule has 0 aliphatic carbocycles. The number of piperidine rings is 1. The highest BCUT2D eigenvalue weighted by atomic mass is 35.5. The van der Waals surface area contributed by atoms with Crippen molar-refractivity contribution in [3.63, 3.8) is 0 Å². The van der Waals surface area contributed by atoms with Crippen molar-refractivity contribution >= 4 is 56.7 Å². The molecule has 258 valence electrons. The van der Waals surface area contributed by atoms with Crippen LogP contribution in [0, 0.1) is 11.3 Å². The van der Waals surface area contributed by atoms with Crippen LogP contribution in [0.1, 0.15) is 47.2 Å². The van der Waals surface area contributed by atoms with Gasteiger partial charge in [-0.2, -0.15) is 9.57 Å². The number of likely N-dealkylation sites (tertiary alicyclic amines) is 1. The summed E-state index contributed by atoms with van der Waals surface area (Å²) in [5.41, 5.74) is -1.14. The Morgan fingerprint density at radius 2 is 1.67 bits per heavy atom. The number of nitriles is 1. The van der Waals surface area contributed by atoms with Gasteiger partial charge < -0.3 is 15.7 Å². The van der Waals surface area contributed by atoms with E-state index in [0.29, 0.717) is 11.3 Å². The Morgan fingerprint density at radius 3 is 2.29 bits per heavy atom. The average molecular weight is 736 g/mol. The maximum atomic E-state index is 14.3. The number of alkyl halides is 2. The number of aliphatic carboxylic acids is 1. The molecule has 2 saturated heterocycles. The number of benzene rings is 2. The molecule has 12 nitrogen and oxygen atoms in total. The molecule has 2 aliphatic rings. The maximum absolute atomic E-state index is 14.3. The first kappa shape index (κ1) is 36.1. The van der Waals surface area contributed by atoms with Crippen LogP contribution in [0.25, 0.3) is 0 Å². The van der Waals surface area contributed by atoms with Crippen LogP contribution in [0.4, 0.5) is 14.5 Å². The molecule has 0 bridgehead atoms. The van der Waals surface area contributed by atoms with Crippen molar-refractivity contribution < 1.29 is 36.7 Å². The number of pyridine rings is 1. The van der Waals surface area contributed by atoms with Gasteiger partial charge in [-0.25, -0.2) is 22.0 Å². The van der Waals surface area contributed by atoms with Crippen molar-refractivity contribution in [1.29, 1.82) is 5.26 Å². The van der Waals surface area contributed by atoms with Crippen LogP contribution in [0.5, 0.6) is 0 Å². The Labute approximate surface area is 290 Å². The molecule has 2 unspecified atom stereocenters. The molecular weight excluding hydrogens is 705 g/mol. The molecule has 0 radical (unpaired) electrons. The first-order chi connectivity index (χ1) is 23.2. The second kappa shape index (κ2) is 14.3. The Hall–Kier alpha value is -4.20. The molecule has 0 saturated carbocycles. The van der Waals surface area contributed by atoms with Gasteiger partial charge in [0.2, 0.25) is 10.0 Å². The molecule has 1 aromatic heterocycles. The van der Waals surface area contributed by atoms with Gasteiger partial charge in [-0.05, 0) is 48.7 Å². The molecule has 2 aromatic carbocycles. The van der Waals surface area contributed by atoms with E-state index in [1.165, 1.54) is 59.8 Å². The van der Waals surface area contributed by atoms with Crippen LogP contribution in [0.2, 0.25) is 10.0 Å². The third kappa shape index (κ3) is 7.53. The van der Waals surface area contributed by atoms with Gasteiger partial charge in [0.1, 0.15) is 6.04 Å². The van der Waals surface area contributed by atoms with E-state index in [4.69, 9.17) is 23.2 Å². The number of hydrogen-bond acceptors (Lipinski definition) is 8. The second-order valence-electron chi connectivity index (χ2n) is 11.7. The fraction of sp³-hybridized carbons (Fsp3) is 0.344. The summed E-state index contributed by atoms with van der Waals surface area (Å²) in [6.45, 7) is -0.767. The number of nitrogens with one attached hydrogen (secondary N) is 2. The quantitative estimate of drug-likeness (QED) is 0.270. The largest absolute Gasteiger partial charge is 0.480 e. The van der Waals surface area contributed by atoms with Crippen LogP contribution >= 0.6 is 23.2 Å². The fourth-order valence-electron chi connectivity index (χ4n) is 6.10. The third-order valence-electron chi connectivity index (χ3n) is 8.57. The Morgan fingerprint density at radius 1 is 1.02 bits per heavy atom. The first-order valence-corrected chi connectivity index (χ1v) is 17.3. The summed E-state index contributed by atoms with van der Waals surface area (Å²) in [6, 6.07) is 11.6. The lowest BCUT2D eigenvalue weighted by Crippen LogP contribution is -2.69. The van der Waals surface area contributed by atoms with Crippen LogP contribution < -0.4 is 10.6 Å². The van der Waals surface area contributed by atoms with Crippen LogP contribution in [-0.4, -0.2) is 82.8 Å². The molecule has 2 fully saturated rings. The number of anilines is 1. The number of aromatic nitrogens is 1. The summed E-state index contributed by atoms with van der Waals surface area (Å²) in [4.78, 5) is 44.4. The van der Waals surface area contributed by atoms with E-state index in [0.717, 1.165) is 10.4 Å². The predicted molar refractivity (Wildman–Crippen MR) is 175 cm³/mol. The van der Waals surface area contributed by atoms with E-state index in [1.807, 2.05) is 6.07 Å². The standard InChI is InChI=1S/C32H30Cl2F2N6O6S/c33-24-18-38-19-25(34)27(24)28(43)39-22-7-5-20(6-8-22)16-26(29(44)45)40-30(46)32(41-13-10-31(35,36)11-14-41)9-2-12-42(32)49(47,48)23-4-1-3-21(15-23)17-37/h1,3-8,15,18-19,26H,2,9-14,16H2,(H,39,43)(H,40,46)(H,44,45). The average Bonchev–Trinajstić information content (AvgIpc) is 3.52. The SMILES string of the molecule is N#Cc1cccc(S(=O)(=O)N2CCCC2(C(=O)NC(Cc2ccc(NC(=O)c3c(Cl)cncc3Cl)cc2)C(=O)O)N2CCC(F)(F)CC2)c1. The second-order valence-corrected chi connectivity index (χ2v) is 14.4. The molecule has 3 heterocycles. The summed E-state index contributed by atoms with van der Waals surface area (Å²) in [5, 5.41) is 24.7. The summed E-state index contributed by atoms with van der Waals surface area (Å²) < 4.78 is 57.5. The number of sulfonamides is 1. The summed E-state index contributed by atoms with van der Waals surface area (Å²) >= 11 is 12.1. The van der Waals surface area contributed by atoms with E-state index in [-0.39, 0.29) is 65.0 Å². The Kier molecular flexibility index (Phi) is 10.6. The molecule has 5 rings (SSSR count). The Bertz CT molecular complexity index is 1900. The van der Waals surface area contributed by atoms with Gasteiger partial charge in [-0.1, -0.05) is 41.4 Å². The zero-order valence-corrected chi connectivity index (χ0v) is 28.0. The van der Waals surface area contributed by atoms with Gasteiger partial charge in [-0.3, -0.25) is 19.5 Å². The van der Waals surface area contributed by atoms with Crippen molar-refractivity contribution in [3.05, 3.63) is 87.7 Å². The monoisotopic (exact) mass is 734 g/mol. The number of carboxylic acid groups (broad SMARTS) is 1. The zero-order chi connectivity index (χ0) is 35.6. The molecule has 2 atom stereocenters. The van der Waals surface area contributed by atoms with E-state index >= 15 is 0 Å². The molecule has 2 amide bonds. The number of amides is 2. The topological polar surface area (TPSA) is 173 Å². The van der Waals surface area contributed by atoms with Gasteiger partial charge in [0.05, 0.1) is 32.1 Å². The van der Waals surface area contributed by atoms with E-state index < -0.39 is 58.3 Å². The predicted octanol–water partition coefficient (Wildman–Crippen LogP) is 4.54. The Balaban J connectivity index is 1.40. The van der Waals surface area contributed by atoms with E-state index in [2.05, 4.69) is 15.6 Å². The number of carbonyl (C=O) groups is 3. The van der Waals surface area contributed by atoms with Crippen LogP contribution in [0.3, 0.4) is 0 Å². The van der Waals surface area contributed by atoms with Crippen molar-refractivity contribution in [2.24, 2.45) is 0 Å². The zero-order valence-electron chi connectivity index (χ0n) is 25.7. The van der Waals surface area contributed by atoms with Crippen molar-refractivity contribution in [2.45, 2.75) is 54.6 Å². The van der Waals surface area contributed by atoms with Crippen molar-refractivity contribution in [1.82, 2.24) is 19.5 Å². The summed E-state index contributed by atoms with van der Waals surface area (Å²) in [6.07, 6.45) is 1.18. The minimum absolute atomic E-state index is 0.0168. The highest BCUT2D eigenvalue weighted by Gasteiger charge is 2.58. The lowest BCUT2D eigenvalue weighted by Gasteiger charge is -2.47. The molecular formula is C32H30Cl2F2N6O6S. The van der Waals surface area contributed by atoms with E-state index in [9.17, 15) is 42.0 Å². The molecule has 17 heteroatoms. The molecule has 3 N–H and O–H groups in total. The van der Waals surface area contributed by atoms with Gasteiger partial charge in [0, 0.05) is 57.0 Å². The number of nitrogens with zero attached hydrogens (tertiary/aromatic N) is 4. The van der Waals surface area contributed by atoms with E-state index in [1.54, 1.807) is 0 Å². The van der Waals surface area contributed by atoms with Gasteiger partial charge >= 0.3 is 5.97 Å². The van der Waals surface area contributed by atoms with Crippen LogP contribution in [-0.2, 0) is 26.0 Å². The van der Waals surface area contributed by atoms with Crippen molar-refractivity contribution in [2.75, 3.05) is 25.0 Å². The minimum Gasteiger partial charge on any atom is -0.480 e. The number of hydrogen-bond donors (Lipinski definition) is 3. The van der Waals surface area contributed by atoms with Crippen molar-refractivity contribution in [3.8, 4) is 6.07 Å². The molecule has 2 aliphatic heterocycles. The lowest BCUT2D eigenvalue weighted by molar-refractivity contribution is -0.152. The molecule has 3 aromatic rings. The summed E-state index contributed by atoms with van der Waals surface area (Å²) in [7, 11) is -4.47. The lowest BCUT2D eigenvalue weighted by atomic mass is 9.97. The maximum Gasteiger partial charge on any atom is 0.326 e. The highest BCUT2D eigenvalue weighted by Crippen LogP contribution is 2.41. The van der Waals surface area contributed by atoms with Gasteiger partial charge in [0.25, 0.3) is 17.7 Å².